The van der Waals surface area contributed by atoms with Gasteiger partial charge in [-0.15, -0.1) is 0 Å². The summed E-state index contributed by atoms with van der Waals surface area (Å²) in [6.45, 7) is 0. The average molecular weight is 333 g/mol. The fourth-order valence-electron chi connectivity index (χ4n) is 2.08. The molecule has 0 saturated carbocycles. The third kappa shape index (κ3) is 3.44. The quantitative estimate of drug-likeness (QED) is 0.802. The van der Waals surface area contributed by atoms with Crippen molar-refractivity contribution >= 4 is 34.8 Å². The second kappa shape index (κ2) is 6.77. The van der Waals surface area contributed by atoms with Gasteiger partial charge in [0, 0.05) is 26.7 Å². The molecule has 0 saturated heterocycles. The molecule has 1 atom stereocenters. The van der Waals surface area contributed by atoms with Gasteiger partial charge < -0.3 is 5.32 Å². The molecule has 0 amide bonds. The average Bonchev–Trinajstić information content (AvgIpc) is 2.40. The molecule has 0 radical (unpaired) electrons. The van der Waals surface area contributed by atoms with E-state index < -0.39 is 0 Å². The SMILES string of the molecule is CNC(Cc1c(Cl)cccc1Cl)c1ccc(Cl)cc1F. The topological polar surface area (TPSA) is 12.0 Å². The van der Waals surface area contributed by atoms with Crippen LogP contribution in [0.3, 0.4) is 0 Å². The van der Waals surface area contributed by atoms with Crippen molar-refractivity contribution in [3.8, 4) is 0 Å². The smallest absolute Gasteiger partial charge is 0.129 e. The number of hydrogen-bond donors (Lipinski definition) is 1. The van der Waals surface area contributed by atoms with Crippen LogP contribution in [0.1, 0.15) is 17.2 Å². The predicted octanol–water partition coefficient (Wildman–Crippen LogP) is 5.29. The minimum Gasteiger partial charge on any atom is -0.313 e. The van der Waals surface area contributed by atoms with E-state index in [-0.39, 0.29) is 11.9 Å². The molecule has 1 N–H and O–H groups in total. The van der Waals surface area contributed by atoms with Crippen LogP contribution >= 0.6 is 34.8 Å². The lowest BCUT2D eigenvalue weighted by molar-refractivity contribution is 0.534. The van der Waals surface area contributed by atoms with Crippen molar-refractivity contribution in [1.29, 1.82) is 0 Å². The van der Waals surface area contributed by atoms with E-state index in [0.717, 1.165) is 5.56 Å². The number of hydrogen-bond acceptors (Lipinski definition) is 1. The first-order valence-electron chi connectivity index (χ1n) is 6.08. The number of benzene rings is 2. The summed E-state index contributed by atoms with van der Waals surface area (Å²) in [7, 11) is 1.77. The molecule has 2 aromatic carbocycles. The van der Waals surface area contributed by atoms with Crippen LogP contribution in [0.5, 0.6) is 0 Å². The van der Waals surface area contributed by atoms with Gasteiger partial charge in [0.05, 0.1) is 0 Å². The van der Waals surface area contributed by atoms with E-state index in [1.807, 2.05) is 0 Å². The van der Waals surface area contributed by atoms with Crippen LogP contribution in [0, 0.1) is 5.82 Å². The molecule has 0 spiro atoms. The molecule has 0 aromatic heterocycles. The molecular weight excluding hydrogens is 320 g/mol. The summed E-state index contributed by atoms with van der Waals surface area (Å²) < 4.78 is 14.0. The van der Waals surface area contributed by atoms with Gasteiger partial charge in [0.15, 0.2) is 0 Å². The van der Waals surface area contributed by atoms with Crippen molar-refractivity contribution in [2.75, 3.05) is 7.05 Å². The Hall–Kier alpha value is -0.800. The van der Waals surface area contributed by atoms with Crippen LogP contribution < -0.4 is 5.32 Å². The summed E-state index contributed by atoms with van der Waals surface area (Å²) in [6.07, 6.45) is 0.494. The highest BCUT2D eigenvalue weighted by Gasteiger charge is 2.17. The predicted molar refractivity (Wildman–Crippen MR) is 83.4 cm³/mol. The zero-order chi connectivity index (χ0) is 14.7. The third-order valence-electron chi connectivity index (χ3n) is 3.16. The van der Waals surface area contributed by atoms with Gasteiger partial charge in [-0.05, 0) is 43.3 Å². The van der Waals surface area contributed by atoms with Crippen molar-refractivity contribution < 1.29 is 4.39 Å². The maximum atomic E-state index is 14.0. The highest BCUT2D eigenvalue weighted by atomic mass is 35.5. The highest BCUT2D eigenvalue weighted by molar-refractivity contribution is 6.36. The van der Waals surface area contributed by atoms with E-state index in [4.69, 9.17) is 34.8 Å². The normalized spacial score (nSPS) is 12.4. The van der Waals surface area contributed by atoms with E-state index in [1.54, 1.807) is 37.4 Å². The van der Waals surface area contributed by atoms with Gasteiger partial charge in [0.1, 0.15) is 5.82 Å². The molecule has 1 unspecified atom stereocenters. The van der Waals surface area contributed by atoms with Crippen LogP contribution in [0.4, 0.5) is 4.39 Å². The summed E-state index contributed by atoms with van der Waals surface area (Å²) in [5, 5.41) is 4.61. The minimum atomic E-state index is -0.347. The molecule has 0 aliphatic carbocycles. The van der Waals surface area contributed by atoms with Crippen LogP contribution in [0.15, 0.2) is 36.4 Å². The van der Waals surface area contributed by atoms with Crippen molar-refractivity contribution in [1.82, 2.24) is 5.32 Å². The number of rotatable bonds is 4. The van der Waals surface area contributed by atoms with Gasteiger partial charge >= 0.3 is 0 Å². The van der Waals surface area contributed by atoms with E-state index in [1.165, 1.54) is 6.07 Å². The Morgan fingerprint density at radius 3 is 2.30 bits per heavy atom. The van der Waals surface area contributed by atoms with E-state index >= 15 is 0 Å². The largest absolute Gasteiger partial charge is 0.313 e. The Kier molecular flexibility index (Phi) is 5.28. The molecule has 5 heteroatoms. The van der Waals surface area contributed by atoms with E-state index in [9.17, 15) is 4.39 Å². The minimum absolute atomic E-state index is 0.232. The Morgan fingerprint density at radius 2 is 1.75 bits per heavy atom. The standard InChI is InChI=1S/C15H13Cl3FN/c1-20-15(10-6-5-9(16)7-14(10)19)8-11-12(17)3-2-4-13(11)18/h2-7,15,20H,8H2,1H3. The van der Waals surface area contributed by atoms with Crippen LogP contribution in [-0.2, 0) is 6.42 Å². The van der Waals surface area contributed by atoms with E-state index in [0.29, 0.717) is 27.1 Å². The summed E-state index contributed by atoms with van der Waals surface area (Å²) in [5.41, 5.74) is 1.33. The van der Waals surface area contributed by atoms with E-state index in [2.05, 4.69) is 5.32 Å². The highest BCUT2D eigenvalue weighted by Crippen LogP contribution is 2.30. The van der Waals surface area contributed by atoms with Crippen molar-refractivity contribution in [2.24, 2.45) is 0 Å². The number of halogens is 4. The van der Waals surface area contributed by atoms with Crippen LogP contribution in [0.25, 0.3) is 0 Å². The van der Waals surface area contributed by atoms with Gasteiger partial charge in [-0.1, -0.05) is 46.9 Å². The number of nitrogens with one attached hydrogen (secondary N) is 1. The molecule has 2 rings (SSSR count). The van der Waals surface area contributed by atoms with Crippen molar-refractivity contribution in [3.05, 3.63) is 68.4 Å². The Morgan fingerprint density at radius 1 is 1.10 bits per heavy atom. The lowest BCUT2D eigenvalue weighted by atomic mass is 9.98. The first-order chi connectivity index (χ1) is 9.52. The molecule has 2 aromatic rings. The molecule has 0 aliphatic heterocycles. The van der Waals surface area contributed by atoms with Gasteiger partial charge in [0.25, 0.3) is 0 Å². The lowest BCUT2D eigenvalue weighted by Crippen LogP contribution is -2.20. The first kappa shape index (κ1) is 15.6. The summed E-state index contributed by atoms with van der Waals surface area (Å²) in [4.78, 5) is 0. The van der Waals surface area contributed by atoms with Gasteiger partial charge in [-0.3, -0.25) is 0 Å². The molecule has 0 bridgehead atoms. The third-order valence-corrected chi connectivity index (χ3v) is 4.10. The summed E-state index contributed by atoms with van der Waals surface area (Å²) >= 11 is 18.1. The monoisotopic (exact) mass is 331 g/mol. The molecule has 0 heterocycles. The first-order valence-corrected chi connectivity index (χ1v) is 7.21. The maximum Gasteiger partial charge on any atom is 0.129 e. The zero-order valence-electron chi connectivity index (χ0n) is 10.8. The second-order valence-corrected chi connectivity index (χ2v) is 5.66. The fraction of sp³-hybridized carbons (Fsp3) is 0.200. The summed E-state index contributed by atoms with van der Waals surface area (Å²) in [6, 6.07) is 9.73. The van der Waals surface area contributed by atoms with Crippen molar-refractivity contribution in [3.63, 3.8) is 0 Å². The second-order valence-electron chi connectivity index (χ2n) is 4.41. The van der Waals surface area contributed by atoms with Crippen LogP contribution in [0.2, 0.25) is 15.1 Å². The molecule has 20 heavy (non-hydrogen) atoms. The maximum absolute atomic E-state index is 14.0. The Labute approximate surface area is 132 Å². The van der Waals surface area contributed by atoms with Crippen molar-refractivity contribution in [2.45, 2.75) is 12.5 Å². The molecule has 0 fully saturated rings. The fourth-order valence-corrected chi connectivity index (χ4v) is 2.79. The molecule has 106 valence electrons. The molecular formula is C15H13Cl3FN. The Bertz CT molecular complexity index is 596. The number of likely N-dealkylation sites (N-methyl/N-ethyl adjacent to an activating group) is 1. The lowest BCUT2D eigenvalue weighted by Gasteiger charge is -2.19. The van der Waals surface area contributed by atoms with Gasteiger partial charge in [0.2, 0.25) is 0 Å². The Balaban J connectivity index is 2.34. The van der Waals surface area contributed by atoms with Gasteiger partial charge in [-0.2, -0.15) is 0 Å². The molecule has 0 aliphatic rings. The van der Waals surface area contributed by atoms with Gasteiger partial charge in [-0.25, -0.2) is 4.39 Å². The zero-order valence-corrected chi connectivity index (χ0v) is 13.0. The van der Waals surface area contributed by atoms with Crippen LogP contribution in [-0.4, -0.2) is 7.05 Å². The molecule has 1 nitrogen and oxygen atoms in total. The summed E-state index contributed by atoms with van der Waals surface area (Å²) in [5.74, 6) is -0.347.